The van der Waals surface area contributed by atoms with Crippen molar-refractivity contribution in [2.45, 2.75) is 42.7 Å². The number of alkyl halides is 2. The van der Waals surface area contributed by atoms with Crippen LogP contribution < -0.4 is 14.4 Å². The predicted molar refractivity (Wildman–Crippen MR) is 149 cm³/mol. The summed E-state index contributed by atoms with van der Waals surface area (Å²) in [6, 6.07) is 3.02. The molecule has 0 atom stereocenters. The second-order valence-electron chi connectivity index (χ2n) is 11.0. The molecule has 18 heteroatoms. The van der Waals surface area contributed by atoms with Crippen LogP contribution in [0.2, 0.25) is 0 Å². The van der Waals surface area contributed by atoms with Gasteiger partial charge in [0.15, 0.2) is 5.01 Å². The number of carbonyl (C=O) groups excluding carboxylic acids is 1. The number of imidazole rings is 1. The quantitative estimate of drug-likeness (QED) is 0.279. The highest BCUT2D eigenvalue weighted by atomic mass is 32.2. The summed E-state index contributed by atoms with van der Waals surface area (Å²) >= 11 is 0.655. The Hall–Kier alpha value is -3.74. The van der Waals surface area contributed by atoms with Crippen LogP contribution in [0.15, 0.2) is 29.6 Å². The minimum absolute atomic E-state index is 0.0163. The van der Waals surface area contributed by atoms with Gasteiger partial charge in [0.1, 0.15) is 11.8 Å². The number of sulfonamides is 1. The van der Waals surface area contributed by atoms with Crippen molar-refractivity contribution in [3.8, 4) is 11.0 Å². The van der Waals surface area contributed by atoms with Gasteiger partial charge in [-0.15, -0.1) is 15.3 Å². The number of fused-ring (bicyclic) bond motifs is 1. The van der Waals surface area contributed by atoms with Crippen LogP contribution in [0.4, 0.5) is 14.5 Å². The fourth-order valence-electron chi connectivity index (χ4n) is 5.01. The topological polar surface area (TPSA) is 160 Å². The van der Waals surface area contributed by atoms with Gasteiger partial charge in [-0.1, -0.05) is 11.3 Å². The summed E-state index contributed by atoms with van der Waals surface area (Å²) in [6.07, 6.45) is 1.23. The molecule has 3 fully saturated rings. The number of piperazine rings is 1. The van der Waals surface area contributed by atoms with Gasteiger partial charge in [0.05, 0.1) is 47.2 Å². The summed E-state index contributed by atoms with van der Waals surface area (Å²) in [6.45, 7) is 4.03. The Morgan fingerprint density at radius 2 is 1.98 bits per heavy atom. The standard InChI is InChI=1S/C25H27F2N9O5S2/c1-25(2-3-25)33-43(38,39)15-8-17(34-4-6-35(7-5-34)23(37)16-10-28-13-29-16)19-18(9-15)36(24-31-30-22(42-24)20(26)27)32-21(19)41-14-11-40-12-14/h8-10,13-14,20,33H,2-7,11-12H2,1H3,(H,28,29). The normalized spacial score (nSPS) is 18.8. The maximum atomic E-state index is 13.6. The monoisotopic (exact) mass is 635 g/mol. The summed E-state index contributed by atoms with van der Waals surface area (Å²) in [5.74, 6) is 0.00237. The number of hydrogen-bond acceptors (Lipinski definition) is 11. The van der Waals surface area contributed by atoms with E-state index in [2.05, 4.69) is 30.0 Å². The van der Waals surface area contributed by atoms with Gasteiger partial charge in [-0.3, -0.25) is 4.79 Å². The highest BCUT2D eigenvalue weighted by Crippen LogP contribution is 2.41. The molecule has 0 bridgehead atoms. The Kier molecular flexibility index (Phi) is 6.82. The number of aromatic nitrogens is 6. The molecule has 0 spiro atoms. The number of H-pyrrole nitrogens is 1. The average molecular weight is 636 g/mol. The predicted octanol–water partition coefficient (Wildman–Crippen LogP) is 2.11. The summed E-state index contributed by atoms with van der Waals surface area (Å²) in [7, 11) is -3.98. The molecule has 1 saturated carbocycles. The van der Waals surface area contributed by atoms with Crippen molar-refractivity contribution >= 4 is 43.9 Å². The van der Waals surface area contributed by atoms with Crippen molar-refractivity contribution in [1.82, 2.24) is 39.6 Å². The number of amides is 1. The third kappa shape index (κ3) is 5.32. The number of carbonyl (C=O) groups is 1. The van der Waals surface area contributed by atoms with Gasteiger partial charge >= 0.3 is 0 Å². The van der Waals surface area contributed by atoms with Crippen molar-refractivity contribution in [2.75, 3.05) is 44.3 Å². The minimum atomic E-state index is -3.98. The number of nitrogens with one attached hydrogen (secondary N) is 2. The SMILES string of the molecule is CC1(NS(=O)(=O)c2cc(N3CCN(C(=O)c4cnc[nH]4)CC3)c3c(OC4COC4)nn(-c4nnc(C(F)F)s4)c3c2)CC1. The molecule has 7 rings (SSSR count). The highest BCUT2D eigenvalue weighted by molar-refractivity contribution is 7.89. The lowest BCUT2D eigenvalue weighted by Crippen LogP contribution is -2.49. The molecule has 0 unspecified atom stereocenters. The smallest absolute Gasteiger partial charge is 0.291 e. The van der Waals surface area contributed by atoms with E-state index in [0.29, 0.717) is 85.9 Å². The Balaban J connectivity index is 1.33. The fourth-order valence-corrected chi connectivity index (χ4v) is 7.18. The van der Waals surface area contributed by atoms with E-state index in [1.807, 2.05) is 11.8 Å². The van der Waals surface area contributed by atoms with Crippen molar-refractivity contribution in [3.05, 3.63) is 35.4 Å². The van der Waals surface area contributed by atoms with E-state index in [1.54, 1.807) is 11.0 Å². The summed E-state index contributed by atoms with van der Waals surface area (Å²) in [4.78, 5) is 23.3. The van der Waals surface area contributed by atoms with E-state index in [-0.39, 0.29) is 27.9 Å². The van der Waals surface area contributed by atoms with Gasteiger partial charge in [-0.05, 0) is 31.9 Å². The molecule has 228 valence electrons. The molecule has 4 aromatic rings. The van der Waals surface area contributed by atoms with Crippen molar-refractivity contribution in [3.63, 3.8) is 0 Å². The molecule has 2 aliphatic heterocycles. The zero-order chi connectivity index (χ0) is 29.9. The highest BCUT2D eigenvalue weighted by Gasteiger charge is 2.42. The van der Waals surface area contributed by atoms with Gasteiger partial charge in [-0.25, -0.2) is 31.6 Å². The van der Waals surface area contributed by atoms with Crippen molar-refractivity contribution < 1.29 is 31.5 Å². The molecule has 43 heavy (non-hydrogen) atoms. The van der Waals surface area contributed by atoms with E-state index in [9.17, 15) is 22.0 Å². The van der Waals surface area contributed by atoms with Crippen LogP contribution in [0.25, 0.3) is 16.0 Å². The van der Waals surface area contributed by atoms with E-state index < -0.39 is 27.0 Å². The molecule has 5 heterocycles. The van der Waals surface area contributed by atoms with E-state index >= 15 is 0 Å². The van der Waals surface area contributed by atoms with Crippen LogP contribution in [-0.4, -0.2) is 100 Å². The number of aromatic amines is 1. The molecule has 3 aromatic heterocycles. The van der Waals surface area contributed by atoms with Crippen molar-refractivity contribution in [1.29, 1.82) is 0 Å². The maximum Gasteiger partial charge on any atom is 0.291 e. The Morgan fingerprint density at radius 3 is 2.58 bits per heavy atom. The number of anilines is 1. The second kappa shape index (κ2) is 10.5. The lowest BCUT2D eigenvalue weighted by molar-refractivity contribution is -0.0808. The number of nitrogens with zero attached hydrogens (tertiary/aromatic N) is 7. The molecule has 2 saturated heterocycles. The molecule has 1 aliphatic carbocycles. The van der Waals surface area contributed by atoms with Gasteiger partial charge in [-0.2, -0.15) is 0 Å². The fraction of sp³-hybridized carbons (Fsp3) is 0.480. The largest absolute Gasteiger partial charge is 0.468 e. The Morgan fingerprint density at radius 1 is 1.21 bits per heavy atom. The molecular weight excluding hydrogens is 608 g/mol. The van der Waals surface area contributed by atoms with Crippen LogP contribution in [0, 0.1) is 0 Å². The number of halogens is 2. The zero-order valence-electron chi connectivity index (χ0n) is 22.9. The first-order chi connectivity index (χ1) is 20.6. The molecule has 14 nitrogen and oxygen atoms in total. The number of benzene rings is 1. The van der Waals surface area contributed by atoms with Crippen LogP contribution in [0.5, 0.6) is 5.88 Å². The molecular formula is C25H27F2N9O5S2. The van der Waals surface area contributed by atoms with Crippen LogP contribution in [-0.2, 0) is 14.8 Å². The van der Waals surface area contributed by atoms with E-state index in [4.69, 9.17) is 9.47 Å². The number of ether oxygens (including phenoxy) is 2. The van der Waals surface area contributed by atoms with Gasteiger partial charge in [0.25, 0.3) is 12.3 Å². The summed E-state index contributed by atoms with van der Waals surface area (Å²) < 4.78 is 69.6. The van der Waals surface area contributed by atoms with Crippen molar-refractivity contribution in [2.24, 2.45) is 0 Å². The maximum absolute atomic E-state index is 13.6. The minimum Gasteiger partial charge on any atom is -0.468 e. The first kappa shape index (κ1) is 28.1. The molecule has 0 radical (unpaired) electrons. The molecule has 1 aromatic carbocycles. The molecule has 3 aliphatic rings. The van der Waals surface area contributed by atoms with Crippen LogP contribution in [0.1, 0.15) is 41.7 Å². The van der Waals surface area contributed by atoms with E-state index in [1.165, 1.54) is 23.3 Å². The lowest BCUT2D eigenvalue weighted by atomic mass is 10.1. The molecule has 1 amide bonds. The molecule has 2 N–H and O–H groups in total. The van der Waals surface area contributed by atoms with Gasteiger partial charge in [0.2, 0.25) is 21.0 Å². The summed E-state index contributed by atoms with van der Waals surface area (Å²) in [5.41, 5.74) is 0.676. The summed E-state index contributed by atoms with van der Waals surface area (Å²) in [5, 5.41) is 12.1. The van der Waals surface area contributed by atoms with Gasteiger partial charge < -0.3 is 24.3 Å². The van der Waals surface area contributed by atoms with Crippen LogP contribution in [0.3, 0.4) is 0 Å². The Labute approximate surface area is 248 Å². The van der Waals surface area contributed by atoms with E-state index in [0.717, 1.165) is 0 Å². The Bertz CT molecular complexity index is 1780. The number of hydrogen-bond donors (Lipinski definition) is 2. The lowest BCUT2D eigenvalue weighted by Gasteiger charge is -2.36. The zero-order valence-corrected chi connectivity index (χ0v) is 24.5. The first-order valence-electron chi connectivity index (χ1n) is 13.6. The van der Waals surface area contributed by atoms with Gasteiger partial charge in [0, 0.05) is 31.7 Å². The second-order valence-corrected chi connectivity index (χ2v) is 13.6. The third-order valence-corrected chi connectivity index (χ3v) is 10.2. The third-order valence-electron chi connectivity index (χ3n) is 7.71. The number of rotatable bonds is 9. The first-order valence-corrected chi connectivity index (χ1v) is 15.9. The average Bonchev–Trinajstić information content (AvgIpc) is 3.41. The van der Waals surface area contributed by atoms with Crippen LogP contribution >= 0.6 is 11.3 Å².